The lowest BCUT2D eigenvalue weighted by Gasteiger charge is -2.32. The van der Waals surface area contributed by atoms with Crippen molar-refractivity contribution in [2.75, 3.05) is 39.7 Å². The Bertz CT molecular complexity index is 932. The Morgan fingerprint density at radius 1 is 1.10 bits per heavy atom. The Kier molecular flexibility index (Phi) is 7.92. The fourth-order valence-corrected chi connectivity index (χ4v) is 4.02. The van der Waals surface area contributed by atoms with Gasteiger partial charge in [0.2, 0.25) is 5.91 Å². The van der Waals surface area contributed by atoms with E-state index in [0.717, 1.165) is 30.4 Å². The number of likely N-dealkylation sites (tertiary alicyclic amines) is 1. The molecular formula is C23H27BrN2O5. The zero-order valence-electron chi connectivity index (χ0n) is 17.9. The number of piperidine rings is 1. The van der Waals surface area contributed by atoms with E-state index in [-0.39, 0.29) is 17.4 Å². The van der Waals surface area contributed by atoms with Crippen molar-refractivity contribution < 1.29 is 23.8 Å². The van der Waals surface area contributed by atoms with Gasteiger partial charge >= 0.3 is 5.97 Å². The first kappa shape index (κ1) is 23.1. The van der Waals surface area contributed by atoms with E-state index >= 15 is 0 Å². The monoisotopic (exact) mass is 490 g/mol. The van der Waals surface area contributed by atoms with Crippen LogP contribution in [0.1, 0.15) is 28.8 Å². The van der Waals surface area contributed by atoms with Gasteiger partial charge in [0, 0.05) is 29.7 Å². The number of nitrogens with zero attached hydrogens (tertiary/aromatic N) is 1. The summed E-state index contributed by atoms with van der Waals surface area (Å²) in [4.78, 5) is 27.6. The van der Waals surface area contributed by atoms with E-state index in [2.05, 4.69) is 38.3 Å². The second-order valence-corrected chi connectivity index (χ2v) is 8.35. The van der Waals surface area contributed by atoms with Crippen LogP contribution in [0.5, 0.6) is 11.5 Å². The lowest BCUT2D eigenvalue weighted by atomic mass is 9.96. The summed E-state index contributed by atoms with van der Waals surface area (Å²) < 4.78 is 16.5. The van der Waals surface area contributed by atoms with Crippen LogP contribution in [0.15, 0.2) is 40.9 Å². The summed E-state index contributed by atoms with van der Waals surface area (Å²) in [5.74, 6) is -0.0531. The van der Waals surface area contributed by atoms with Crippen LogP contribution < -0.4 is 14.8 Å². The maximum Gasteiger partial charge on any atom is 0.340 e. The predicted molar refractivity (Wildman–Crippen MR) is 122 cm³/mol. The van der Waals surface area contributed by atoms with Gasteiger partial charge < -0.3 is 19.5 Å². The number of ether oxygens (including phenoxy) is 3. The highest BCUT2D eigenvalue weighted by molar-refractivity contribution is 9.10. The third kappa shape index (κ3) is 5.77. The molecule has 0 spiro atoms. The van der Waals surface area contributed by atoms with Crippen molar-refractivity contribution in [3.63, 3.8) is 0 Å². The summed E-state index contributed by atoms with van der Waals surface area (Å²) in [5, 5.41) is 2.91. The molecule has 3 rings (SSSR count). The number of carbonyl (C=O) groups is 2. The molecule has 1 aliphatic rings. The molecule has 166 valence electrons. The van der Waals surface area contributed by atoms with E-state index in [1.807, 2.05) is 12.1 Å². The standard InChI is InChI=1S/C23H27BrN2O5/c1-29-20-11-18(23(28)31-3)19(12-21(20)30-2)25-22(27)16-5-4-10-26(14-16)13-15-6-8-17(24)9-7-15/h6-9,11-12,16H,4-5,10,13-14H2,1-3H3,(H,25,27). The van der Waals surface area contributed by atoms with E-state index in [9.17, 15) is 9.59 Å². The molecular weight excluding hydrogens is 464 g/mol. The van der Waals surface area contributed by atoms with Gasteiger partial charge in [-0.1, -0.05) is 28.1 Å². The number of hydrogen-bond acceptors (Lipinski definition) is 6. The first-order valence-electron chi connectivity index (χ1n) is 10.1. The minimum Gasteiger partial charge on any atom is -0.493 e. The summed E-state index contributed by atoms with van der Waals surface area (Å²) in [6, 6.07) is 11.3. The second-order valence-electron chi connectivity index (χ2n) is 7.43. The van der Waals surface area contributed by atoms with Crippen LogP contribution in [0.25, 0.3) is 0 Å². The molecule has 0 bridgehead atoms. The highest BCUT2D eigenvalue weighted by Gasteiger charge is 2.27. The maximum atomic E-state index is 13.1. The predicted octanol–water partition coefficient (Wildman–Crippen LogP) is 4.10. The smallest absolute Gasteiger partial charge is 0.340 e. The van der Waals surface area contributed by atoms with Crippen molar-refractivity contribution in [3.05, 3.63) is 52.0 Å². The molecule has 0 radical (unpaired) electrons. The topological polar surface area (TPSA) is 77.1 Å². The third-order valence-electron chi connectivity index (χ3n) is 5.38. The van der Waals surface area contributed by atoms with E-state index in [4.69, 9.17) is 14.2 Å². The van der Waals surface area contributed by atoms with Crippen molar-refractivity contribution in [1.29, 1.82) is 0 Å². The fourth-order valence-electron chi connectivity index (χ4n) is 3.76. The van der Waals surface area contributed by atoms with Gasteiger partial charge in [-0.3, -0.25) is 9.69 Å². The van der Waals surface area contributed by atoms with Crippen LogP contribution in [-0.4, -0.2) is 51.2 Å². The number of carbonyl (C=O) groups excluding carboxylic acids is 2. The van der Waals surface area contributed by atoms with Crippen molar-refractivity contribution in [3.8, 4) is 11.5 Å². The average Bonchev–Trinajstić information content (AvgIpc) is 2.79. The molecule has 7 nitrogen and oxygen atoms in total. The van der Waals surface area contributed by atoms with Crippen molar-refractivity contribution in [1.82, 2.24) is 4.90 Å². The van der Waals surface area contributed by atoms with Crippen molar-refractivity contribution in [2.45, 2.75) is 19.4 Å². The highest BCUT2D eigenvalue weighted by atomic mass is 79.9. The van der Waals surface area contributed by atoms with Gasteiger partial charge in [0.1, 0.15) is 0 Å². The van der Waals surface area contributed by atoms with Crippen LogP contribution in [-0.2, 0) is 16.1 Å². The van der Waals surface area contributed by atoms with E-state index in [0.29, 0.717) is 23.7 Å². The molecule has 2 aromatic rings. The largest absolute Gasteiger partial charge is 0.493 e. The Morgan fingerprint density at radius 3 is 2.42 bits per heavy atom. The number of anilines is 1. The molecule has 31 heavy (non-hydrogen) atoms. The van der Waals surface area contributed by atoms with E-state index in [1.54, 1.807) is 6.07 Å². The van der Waals surface area contributed by atoms with Gasteiger partial charge in [0.05, 0.1) is 38.5 Å². The van der Waals surface area contributed by atoms with Crippen molar-refractivity contribution in [2.24, 2.45) is 5.92 Å². The van der Waals surface area contributed by atoms with Crippen LogP contribution in [0.4, 0.5) is 5.69 Å². The number of amides is 1. The van der Waals surface area contributed by atoms with Crippen LogP contribution >= 0.6 is 15.9 Å². The van der Waals surface area contributed by atoms with Gasteiger partial charge in [0.15, 0.2) is 11.5 Å². The van der Waals surface area contributed by atoms with E-state index in [1.165, 1.54) is 33.0 Å². The summed E-state index contributed by atoms with van der Waals surface area (Å²) in [5.41, 5.74) is 1.77. The summed E-state index contributed by atoms with van der Waals surface area (Å²) >= 11 is 3.45. The summed E-state index contributed by atoms with van der Waals surface area (Å²) in [6.45, 7) is 2.40. The normalized spacial score (nSPS) is 16.5. The molecule has 1 fully saturated rings. The Labute approximate surface area is 190 Å². The van der Waals surface area contributed by atoms with Crippen molar-refractivity contribution >= 4 is 33.5 Å². The molecule has 1 unspecified atom stereocenters. The average molecular weight is 491 g/mol. The van der Waals surface area contributed by atoms with Gasteiger partial charge in [-0.15, -0.1) is 0 Å². The first-order valence-corrected chi connectivity index (χ1v) is 10.9. The van der Waals surface area contributed by atoms with E-state index < -0.39 is 5.97 Å². The number of methoxy groups -OCH3 is 3. The molecule has 1 atom stereocenters. The van der Waals surface area contributed by atoms with Crippen LogP contribution in [0.2, 0.25) is 0 Å². The molecule has 1 heterocycles. The molecule has 1 saturated heterocycles. The number of esters is 1. The zero-order chi connectivity index (χ0) is 22.4. The maximum absolute atomic E-state index is 13.1. The van der Waals surface area contributed by atoms with Crippen LogP contribution in [0, 0.1) is 5.92 Å². The third-order valence-corrected chi connectivity index (χ3v) is 5.91. The Morgan fingerprint density at radius 2 is 1.77 bits per heavy atom. The quantitative estimate of drug-likeness (QED) is 0.588. The first-order chi connectivity index (χ1) is 14.9. The van der Waals surface area contributed by atoms with Crippen LogP contribution in [0.3, 0.4) is 0 Å². The molecule has 0 saturated carbocycles. The minimum atomic E-state index is -0.559. The number of halogens is 1. The minimum absolute atomic E-state index is 0.127. The number of benzene rings is 2. The Balaban J connectivity index is 1.74. The number of hydrogen-bond donors (Lipinski definition) is 1. The molecule has 1 amide bonds. The van der Waals surface area contributed by atoms with Gasteiger partial charge in [-0.05, 0) is 37.1 Å². The zero-order valence-corrected chi connectivity index (χ0v) is 19.5. The Hall–Kier alpha value is -2.58. The highest BCUT2D eigenvalue weighted by Crippen LogP contribution is 2.34. The lowest BCUT2D eigenvalue weighted by molar-refractivity contribution is -0.121. The van der Waals surface area contributed by atoms with Gasteiger partial charge in [0.25, 0.3) is 0 Å². The molecule has 0 aromatic heterocycles. The molecule has 0 aliphatic carbocycles. The lowest BCUT2D eigenvalue weighted by Crippen LogP contribution is -2.40. The summed E-state index contributed by atoms with van der Waals surface area (Å²) in [7, 11) is 4.29. The second kappa shape index (κ2) is 10.6. The number of rotatable bonds is 7. The molecule has 1 aliphatic heterocycles. The SMILES string of the molecule is COC(=O)c1cc(OC)c(OC)cc1NC(=O)C1CCCN(Cc2ccc(Br)cc2)C1. The molecule has 2 aromatic carbocycles. The van der Waals surface area contributed by atoms with Gasteiger partial charge in [-0.25, -0.2) is 4.79 Å². The molecule has 1 N–H and O–H groups in total. The molecule has 8 heteroatoms. The number of nitrogens with one attached hydrogen (secondary N) is 1. The summed E-state index contributed by atoms with van der Waals surface area (Å²) in [6.07, 6.45) is 1.73. The van der Waals surface area contributed by atoms with Gasteiger partial charge in [-0.2, -0.15) is 0 Å². The fraction of sp³-hybridized carbons (Fsp3) is 0.391.